The van der Waals surface area contributed by atoms with E-state index >= 15 is 0 Å². The van der Waals surface area contributed by atoms with Gasteiger partial charge in [-0.25, -0.2) is 0 Å². The molecule has 158 valence electrons. The lowest BCUT2D eigenvalue weighted by molar-refractivity contribution is 0.0967. The number of amides is 1. The summed E-state index contributed by atoms with van der Waals surface area (Å²) in [4.78, 5) is 17.1. The molecular weight excluding hydrogens is 470 g/mol. The van der Waals surface area contributed by atoms with Crippen molar-refractivity contribution in [3.05, 3.63) is 106 Å². The molecule has 3 aromatic rings. The number of piperazine rings is 1. The minimum atomic E-state index is -0.180. The molecule has 0 atom stereocenters. The molecule has 0 radical (unpaired) electrons. The lowest BCUT2D eigenvalue weighted by atomic mass is 9.96. The predicted molar refractivity (Wildman–Crippen MR) is 132 cm³/mol. The van der Waals surface area contributed by atoms with Crippen molar-refractivity contribution in [2.45, 2.75) is 6.04 Å². The Morgan fingerprint density at radius 3 is 1.97 bits per heavy atom. The Balaban J connectivity index is 1.42. The lowest BCUT2D eigenvalue weighted by Gasteiger charge is -2.40. The standard InChI is InChI=1S/C25H24BrN3OS/c26-22-13-7-12-21(18-22)24(30)27-25(31)29-16-14-28(15-17-29)23(19-8-3-1-4-9-19)20-10-5-2-6-11-20/h1-13,18,23H,14-17H2,(H,27,30,31). The number of halogens is 1. The van der Waals surface area contributed by atoms with Crippen LogP contribution in [-0.2, 0) is 0 Å². The van der Waals surface area contributed by atoms with Crippen LogP contribution in [0.15, 0.2) is 89.4 Å². The summed E-state index contributed by atoms with van der Waals surface area (Å²) in [7, 11) is 0. The van der Waals surface area contributed by atoms with Gasteiger partial charge in [0.1, 0.15) is 0 Å². The number of carbonyl (C=O) groups excluding carboxylic acids is 1. The van der Waals surface area contributed by atoms with E-state index in [9.17, 15) is 4.79 Å². The van der Waals surface area contributed by atoms with Crippen LogP contribution >= 0.6 is 28.1 Å². The molecule has 4 nitrogen and oxygen atoms in total. The SMILES string of the molecule is O=C(NC(=S)N1CCN(C(c2ccccc2)c2ccccc2)CC1)c1cccc(Br)c1. The molecule has 1 aliphatic rings. The highest BCUT2D eigenvalue weighted by atomic mass is 79.9. The predicted octanol–water partition coefficient (Wildman–Crippen LogP) is 4.87. The number of rotatable bonds is 4. The van der Waals surface area contributed by atoms with Gasteiger partial charge < -0.3 is 4.90 Å². The molecule has 0 unspecified atom stereocenters. The molecule has 3 aromatic carbocycles. The molecule has 1 amide bonds. The molecule has 0 aromatic heterocycles. The van der Waals surface area contributed by atoms with E-state index in [0.29, 0.717) is 10.7 Å². The fourth-order valence-corrected chi connectivity index (χ4v) is 4.62. The van der Waals surface area contributed by atoms with Gasteiger partial charge in [-0.3, -0.25) is 15.0 Å². The van der Waals surface area contributed by atoms with E-state index in [1.807, 2.05) is 12.1 Å². The highest BCUT2D eigenvalue weighted by Gasteiger charge is 2.27. The van der Waals surface area contributed by atoms with E-state index in [2.05, 4.69) is 91.7 Å². The van der Waals surface area contributed by atoms with Gasteiger partial charge in [0.15, 0.2) is 5.11 Å². The molecule has 1 N–H and O–H groups in total. The summed E-state index contributed by atoms with van der Waals surface area (Å²) in [6.45, 7) is 3.27. The molecule has 1 heterocycles. The van der Waals surface area contributed by atoms with Crippen LogP contribution in [0.1, 0.15) is 27.5 Å². The number of nitrogens with one attached hydrogen (secondary N) is 1. The minimum absolute atomic E-state index is 0.180. The fourth-order valence-electron chi connectivity index (χ4n) is 3.95. The van der Waals surface area contributed by atoms with Gasteiger partial charge in [0.25, 0.3) is 5.91 Å². The van der Waals surface area contributed by atoms with Crippen molar-refractivity contribution >= 4 is 39.2 Å². The number of hydrogen-bond acceptors (Lipinski definition) is 3. The van der Waals surface area contributed by atoms with E-state index in [-0.39, 0.29) is 11.9 Å². The van der Waals surface area contributed by atoms with Crippen molar-refractivity contribution in [2.75, 3.05) is 26.2 Å². The monoisotopic (exact) mass is 493 g/mol. The van der Waals surface area contributed by atoms with Crippen molar-refractivity contribution in [1.29, 1.82) is 0 Å². The largest absolute Gasteiger partial charge is 0.346 e. The van der Waals surface area contributed by atoms with Crippen LogP contribution in [0.3, 0.4) is 0 Å². The van der Waals surface area contributed by atoms with Crippen molar-refractivity contribution in [2.24, 2.45) is 0 Å². The first-order chi connectivity index (χ1) is 15.1. The van der Waals surface area contributed by atoms with Crippen molar-refractivity contribution in [3.63, 3.8) is 0 Å². The summed E-state index contributed by atoms with van der Waals surface area (Å²) in [5.41, 5.74) is 3.16. The highest BCUT2D eigenvalue weighted by Crippen LogP contribution is 2.29. The van der Waals surface area contributed by atoms with E-state index < -0.39 is 0 Å². The van der Waals surface area contributed by atoms with Crippen LogP contribution in [-0.4, -0.2) is 47.0 Å². The summed E-state index contributed by atoms with van der Waals surface area (Å²) < 4.78 is 0.868. The summed E-state index contributed by atoms with van der Waals surface area (Å²) in [6, 6.07) is 28.7. The van der Waals surface area contributed by atoms with Gasteiger partial charge >= 0.3 is 0 Å². The van der Waals surface area contributed by atoms with Crippen LogP contribution in [0.4, 0.5) is 0 Å². The molecule has 0 aliphatic carbocycles. The zero-order valence-electron chi connectivity index (χ0n) is 17.1. The first-order valence-electron chi connectivity index (χ1n) is 10.3. The first kappa shape index (κ1) is 21.7. The topological polar surface area (TPSA) is 35.6 Å². The van der Waals surface area contributed by atoms with E-state index in [1.165, 1.54) is 11.1 Å². The van der Waals surface area contributed by atoms with Crippen LogP contribution in [0, 0.1) is 0 Å². The van der Waals surface area contributed by atoms with E-state index in [4.69, 9.17) is 12.2 Å². The Bertz CT molecular complexity index is 997. The Labute approximate surface area is 197 Å². The number of nitrogens with zero attached hydrogens (tertiary/aromatic N) is 2. The summed E-state index contributed by atoms with van der Waals surface area (Å²) in [5.74, 6) is -0.180. The third-order valence-corrected chi connectivity index (χ3v) is 6.36. The second kappa shape index (κ2) is 10.2. The molecule has 31 heavy (non-hydrogen) atoms. The molecule has 4 rings (SSSR count). The maximum absolute atomic E-state index is 12.5. The average molecular weight is 494 g/mol. The van der Waals surface area contributed by atoms with Crippen molar-refractivity contribution < 1.29 is 4.79 Å². The third kappa shape index (κ3) is 5.39. The van der Waals surface area contributed by atoms with Crippen molar-refractivity contribution in [1.82, 2.24) is 15.1 Å². The van der Waals surface area contributed by atoms with Gasteiger partial charge in [0, 0.05) is 36.2 Å². The molecule has 0 spiro atoms. The van der Waals surface area contributed by atoms with Crippen LogP contribution in [0.2, 0.25) is 0 Å². The normalized spacial score (nSPS) is 14.5. The second-order valence-electron chi connectivity index (χ2n) is 7.52. The molecule has 1 aliphatic heterocycles. The fraction of sp³-hybridized carbons (Fsp3) is 0.200. The second-order valence-corrected chi connectivity index (χ2v) is 8.82. The molecule has 0 bridgehead atoms. The Hall–Kier alpha value is -2.54. The van der Waals surface area contributed by atoms with Crippen LogP contribution < -0.4 is 5.32 Å². The molecule has 6 heteroatoms. The minimum Gasteiger partial charge on any atom is -0.346 e. The Morgan fingerprint density at radius 1 is 0.839 bits per heavy atom. The lowest BCUT2D eigenvalue weighted by Crippen LogP contribution is -2.53. The van der Waals surface area contributed by atoms with Gasteiger partial charge in [0.2, 0.25) is 0 Å². The van der Waals surface area contributed by atoms with Gasteiger partial charge in [-0.1, -0.05) is 82.7 Å². The molecule has 1 saturated heterocycles. The molecule has 1 fully saturated rings. The van der Waals surface area contributed by atoms with Gasteiger partial charge in [-0.2, -0.15) is 0 Å². The van der Waals surface area contributed by atoms with Crippen LogP contribution in [0.5, 0.6) is 0 Å². The average Bonchev–Trinajstić information content (AvgIpc) is 2.81. The van der Waals surface area contributed by atoms with Crippen molar-refractivity contribution in [3.8, 4) is 0 Å². The Kier molecular flexibility index (Phi) is 7.12. The molecule has 0 saturated carbocycles. The maximum Gasteiger partial charge on any atom is 0.257 e. The number of hydrogen-bond donors (Lipinski definition) is 1. The zero-order valence-corrected chi connectivity index (χ0v) is 19.5. The summed E-state index contributed by atoms with van der Waals surface area (Å²) in [6.07, 6.45) is 0. The maximum atomic E-state index is 12.5. The molecular formula is C25H24BrN3OS. The Morgan fingerprint density at radius 2 is 1.42 bits per heavy atom. The quantitative estimate of drug-likeness (QED) is 0.525. The summed E-state index contributed by atoms with van der Waals surface area (Å²) in [5, 5.41) is 3.37. The first-order valence-corrected chi connectivity index (χ1v) is 11.5. The third-order valence-electron chi connectivity index (χ3n) is 5.50. The van der Waals surface area contributed by atoms with Gasteiger partial charge in [0.05, 0.1) is 6.04 Å². The highest BCUT2D eigenvalue weighted by molar-refractivity contribution is 9.10. The van der Waals surface area contributed by atoms with E-state index in [1.54, 1.807) is 12.1 Å². The van der Waals surface area contributed by atoms with Gasteiger partial charge in [-0.15, -0.1) is 0 Å². The number of benzene rings is 3. The van der Waals surface area contributed by atoms with Crippen LogP contribution in [0.25, 0.3) is 0 Å². The number of thiocarbonyl (C=S) groups is 1. The number of carbonyl (C=O) groups is 1. The van der Waals surface area contributed by atoms with Gasteiger partial charge in [-0.05, 0) is 41.5 Å². The smallest absolute Gasteiger partial charge is 0.257 e. The summed E-state index contributed by atoms with van der Waals surface area (Å²) >= 11 is 8.94. The zero-order chi connectivity index (χ0) is 21.6. The van der Waals surface area contributed by atoms with E-state index in [0.717, 1.165) is 30.7 Å².